The van der Waals surface area contributed by atoms with Gasteiger partial charge in [-0.1, -0.05) is 30.3 Å². The zero-order valence-electron chi connectivity index (χ0n) is 15.8. The van der Waals surface area contributed by atoms with Gasteiger partial charge in [0.2, 0.25) is 5.91 Å². The summed E-state index contributed by atoms with van der Waals surface area (Å²) in [4.78, 5) is 19.5. The molecule has 0 fully saturated rings. The molecule has 6 heteroatoms. The number of imidazole rings is 1. The predicted molar refractivity (Wildman–Crippen MR) is 111 cm³/mol. The minimum Gasteiger partial charge on any atom is -0.345 e. The molecule has 0 spiro atoms. The van der Waals surface area contributed by atoms with Gasteiger partial charge in [0.1, 0.15) is 0 Å². The van der Waals surface area contributed by atoms with Gasteiger partial charge >= 0.3 is 0 Å². The molecule has 0 radical (unpaired) electrons. The van der Waals surface area contributed by atoms with Crippen molar-refractivity contribution in [1.29, 1.82) is 5.26 Å². The average molecular weight is 391 g/mol. The lowest BCUT2D eigenvalue weighted by Gasteiger charge is -2.17. The van der Waals surface area contributed by atoms with Crippen LogP contribution in [0.15, 0.2) is 72.0 Å². The third-order valence-electron chi connectivity index (χ3n) is 4.47. The number of thioether (sulfide) groups is 1. The van der Waals surface area contributed by atoms with Crippen molar-refractivity contribution < 1.29 is 4.79 Å². The number of aromatic nitrogens is 2. The standard InChI is InChI=1S/C22H22N4OS/c1-25(22(27)16-28-21-5-3-2-4-6-21)12-11-20-14-24-17-26(20)15-19-9-7-18(13-23)8-10-19/h2-10,14,17H,11-12,15-16H2,1H3. The van der Waals surface area contributed by atoms with Gasteiger partial charge in [-0.3, -0.25) is 4.79 Å². The molecule has 3 aromatic rings. The Hall–Kier alpha value is -3.04. The summed E-state index contributed by atoms with van der Waals surface area (Å²) in [7, 11) is 1.84. The third kappa shape index (κ3) is 5.48. The molecule has 0 unspecified atom stereocenters. The fourth-order valence-electron chi connectivity index (χ4n) is 2.76. The van der Waals surface area contributed by atoms with Crippen molar-refractivity contribution in [3.63, 3.8) is 0 Å². The van der Waals surface area contributed by atoms with Gasteiger partial charge in [0.15, 0.2) is 0 Å². The van der Waals surface area contributed by atoms with Crippen molar-refractivity contribution >= 4 is 17.7 Å². The van der Waals surface area contributed by atoms with Crippen LogP contribution < -0.4 is 0 Å². The monoisotopic (exact) mass is 390 g/mol. The van der Waals surface area contributed by atoms with Crippen LogP contribution in [0.5, 0.6) is 0 Å². The molecule has 0 bridgehead atoms. The Balaban J connectivity index is 1.51. The van der Waals surface area contributed by atoms with E-state index in [1.165, 1.54) is 0 Å². The van der Waals surface area contributed by atoms with Crippen molar-refractivity contribution in [3.8, 4) is 6.07 Å². The second-order valence-electron chi connectivity index (χ2n) is 6.49. The zero-order valence-corrected chi connectivity index (χ0v) is 16.6. The van der Waals surface area contributed by atoms with Crippen molar-refractivity contribution in [3.05, 3.63) is 83.9 Å². The molecule has 1 aromatic heterocycles. The maximum absolute atomic E-state index is 12.4. The molecule has 0 aliphatic heterocycles. The normalized spacial score (nSPS) is 10.4. The van der Waals surface area contributed by atoms with Gasteiger partial charge in [0, 0.05) is 43.3 Å². The first-order chi connectivity index (χ1) is 13.7. The highest BCUT2D eigenvalue weighted by molar-refractivity contribution is 8.00. The topological polar surface area (TPSA) is 61.9 Å². The molecule has 1 heterocycles. The summed E-state index contributed by atoms with van der Waals surface area (Å²) in [5, 5.41) is 8.90. The number of likely N-dealkylation sites (N-methyl/N-ethyl adjacent to an activating group) is 1. The van der Waals surface area contributed by atoms with Crippen LogP contribution in [0.2, 0.25) is 0 Å². The first-order valence-corrected chi connectivity index (χ1v) is 10.0. The molecule has 0 aliphatic rings. The van der Waals surface area contributed by atoms with E-state index in [9.17, 15) is 4.79 Å². The minimum atomic E-state index is 0.118. The van der Waals surface area contributed by atoms with Crippen LogP contribution in [0.25, 0.3) is 0 Å². The zero-order chi connectivity index (χ0) is 19.8. The highest BCUT2D eigenvalue weighted by Gasteiger charge is 2.11. The molecule has 0 saturated carbocycles. The highest BCUT2D eigenvalue weighted by atomic mass is 32.2. The van der Waals surface area contributed by atoms with Gasteiger partial charge in [-0.2, -0.15) is 5.26 Å². The summed E-state index contributed by atoms with van der Waals surface area (Å²) in [5.41, 5.74) is 2.85. The van der Waals surface area contributed by atoms with E-state index in [1.807, 2.05) is 67.8 Å². The van der Waals surface area contributed by atoms with Crippen molar-refractivity contribution in [2.45, 2.75) is 17.9 Å². The number of amides is 1. The molecule has 0 aliphatic carbocycles. The largest absolute Gasteiger partial charge is 0.345 e. The van der Waals surface area contributed by atoms with E-state index in [2.05, 4.69) is 15.6 Å². The Morgan fingerprint density at radius 3 is 2.64 bits per heavy atom. The summed E-state index contributed by atoms with van der Waals surface area (Å²) in [6.45, 7) is 1.34. The highest BCUT2D eigenvalue weighted by Crippen LogP contribution is 2.17. The first kappa shape index (κ1) is 19.7. The first-order valence-electron chi connectivity index (χ1n) is 9.05. The molecule has 28 heavy (non-hydrogen) atoms. The van der Waals surface area contributed by atoms with Gasteiger partial charge in [-0.25, -0.2) is 4.98 Å². The molecule has 0 saturated heterocycles. The Morgan fingerprint density at radius 2 is 1.93 bits per heavy atom. The maximum Gasteiger partial charge on any atom is 0.232 e. The molecular formula is C22H22N4OS. The molecule has 142 valence electrons. The van der Waals surface area contributed by atoms with Gasteiger partial charge in [-0.05, 0) is 29.8 Å². The lowest BCUT2D eigenvalue weighted by atomic mass is 10.1. The Kier molecular flexibility index (Phi) is 6.88. The lowest BCUT2D eigenvalue weighted by Crippen LogP contribution is -2.30. The van der Waals surface area contributed by atoms with Crippen molar-refractivity contribution in [2.75, 3.05) is 19.3 Å². The molecular weight excluding hydrogens is 368 g/mol. The smallest absolute Gasteiger partial charge is 0.232 e. The average Bonchev–Trinajstić information content (AvgIpc) is 3.18. The van der Waals surface area contributed by atoms with Crippen LogP contribution in [0.1, 0.15) is 16.8 Å². The number of hydrogen-bond acceptors (Lipinski definition) is 4. The van der Waals surface area contributed by atoms with E-state index >= 15 is 0 Å². The van der Waals surface area contributed by atoms with Gasteiger partial charge in [0.25, 0.3) is 0 Å². The van der Waals surface area contributed by atoms with Crippen LogP contribution in [-0.4, -0.2) is 39.7 Å². The SMILES string of the molecule is CN(CCc1cncn1Cc1ccc(C#N)cc1)C(=O)CSc1ccccc1. The quantitative estimate of drug-likeness (QED) is 0.552. The van der Waals surface area contributed by atoms with Gasteiger partial charge in [0.05, 0.1) is 23.7 Å². The van der Waals surface area contributed by atoms with E-state index < -0.39 is 0 Å². The van der Waals surface area contributed by atoms with E-state index in [1.54, 1.807) is 23.0 Å². The summed E-state index contributed by atoms with van der Waals surface area (Å²) in [6.07, 6.45) is 4.40. The Labute approximate surface area is 169 Å². The molecule has 3 rings (SSSR count). The van der Waals surface area contributed by atoms with Crippen LogP contribution in [-0.2, 0) is 17.8 Å². The van der Waals surface area contributed by atoms with E-state index in [-0.39, 0.29) is 5.91 Å². The third-order valence-corrected chi connectivity index (χ3v) is 5.47. The van der Waals surface area contributed by atoms with Crippen molar-refractivity contribution in [2.24, 2.45) is 0 Å². The number of carbonyl (C=O) groups is 1. The van der Waals surface area contributed by atoms with Crippen LogP contribution in [0.3, 0.4) is 0 Å². The summed E-state index contributed by atoms with van der Waals surface area (Å²) in [6, 6.07) is 19.6. The second-order valence-corrected chi connectivity index (χ2v) is 7.54. The lowest BCUT2D eigenvalue weighted by molar-refractivity contribution is -0.127. The van der Waals surface area contributed by atoms with Crippen LogP contribution >= 0.6 is 11.8 Å². The number of rotatable bonds is 8. The molecule has 5 nitrogen and oxygen atoms in total. The minimum absolute atomic E-state index is 0.118. The van der Waals surface area contributed by atoms with Crippen molar-refractivity contribution in [1.82, 2.24) is 14.5 Å². The second kappa shape index (κ2) is 9.77. The number of benzene rings is 2. The summed E-state index contributed by atoms with van der Waals surface area (Å²) >= 11 is 1.56. The Bertz CT molecular complexity index is 945. The van der Waals surface area contributed by atoms with E-state index in [0.717, 1.165) is 22.6 Å². The van der Waals surface area contributed by atoms with Crippen LogP contribution in [0.4, 0.5) is 0 Å². The number of hydrogen-bond donors (Lipinski definition) is 0. The molecule has 2 aromatic carbocycles. The fraction of sp³-hybridized carbons (Fsp3) is 0.227. The number of nitriles is 1. The fourth-order valence-corrected chi connectivity index (χ4v) is 3.62. The summed E-state index contributed by atoms with van der Waals surface area (Å²) < 4.78 is 2.08. The maximum atomic E-state index is 12.4. The summed E-state index contributed by atoms with van der Waals surface area (Å²) in [5.74, 6) is 0.553. The molecule has 1 amide bonds. The number of nitrogens with zero attached hydrogens (tertiary/aromatic N) is 4. The van der Waals surface area contributed by atoms with E-state index in [4.69, 9.17) is 5.26 Å². The Morgan fingerprint density at radius 1 is 1.18 bits per heavy atom. The van der Waals surface area contributed by atoms with Gasteiger partial charge < -0.3 is 9.47 Å². The molecule has 0 N–H and O–H groups in total. The van der Waals surface area contributed by atoms with Gasteiger partial charge in [-0.15, -0.1) is 11.8 Å². The predicted octanol–water partition coefficient (Wildman–Crippen LogP) is 3.60. The number of carbonyl (C=O) groups excluding carboxylic acids is 1. The van der Waals surface area contributed by atoms with E-state index in [0.29, 0.717) is 24.4 Å². The van der Waals surface area contributed by atoms with Crippen LogP contribution in [0, 0.1) is 11.3 Å². The molecule has 0 atom stereocenters.